The van der Waals surface area contributed by atoms with E-state index in [1.165, 1.54) is 13.3 Å². The second kappa shape index (κ2) is 9.91. The Balaban J connectivity index is 1.58. The summed E-state index contributed by atoms with van der Waals surface area (Å²) in [6, 6.07) is 7.37. The van der Waals surface area contributed by atoms with Crippen LogP contribution in [0.4, 0.5) is 29.1 Å². The maximum atomic E-state index is 12.7. The van der Waals surface area contributed by atoms with Crippen LogP contribution in [0.1, 0.15) is 0 Å². The Morgan fingerprint density at radius 2 is 1.82 bits per heavy atom. The van der Waals surface area contributed by atoms with Gasteiger partial charge < -0.3 is 29.6 Å². The minimum atomic E-state index is -2.51. The smallest absolute Gasteiger partial charge is 0.242 e. The molecule has 0 saturated carbocycles. The van der Waals surface area contributed by atoms with Gasteiger partial charge in [-0.1, -0.05) is 23.7 Å². The summed E-state index contributed by atoms with van der Waals surface area (Å²) in [4.78, 5) is 19.7. The van der Waals surface area contributed by atoms with Gasteiger partial charge in [0.25, 0.3) is 0 Å². The Bertz CT molecular complexity index is 1180. The Morgan fingerprint density at radius 3 is 2.55 bits per heavy atom. The van der Waals surface area contributed by atoms with Crippen molar-refractivity contribution in [3.05, 3.63) is 41.7 Å². The standard InChI is InChI=1S/C21H25ClN7O3P/c1-31-19-16(13-24-21(28-19)29-8-10-32-11-9-29)26-20-23-12-14(22)18(27-20)25-15-6-4-5-7-17(15)33(2,3)30/h4-7,12-13H,8-11H2,1-3H3,(H2,23,25,26,27). The van der Waals surface area contributed by atoms with Crippen molar-refractivity contribution in [2.75, 3.05) is 62.3 Å². The Labute approximate surface area is 197 Å². The topological polar surface area (TPSA) is 114 Å². The van der Waals surface area contributed by atoms with Crippen molar-refractivity contribution in [3.63, 3.8) is 0 Å². The highest BCUT2D eigenvalue weighted by Crippen LogP contribution is 2.38. The zero-order valence-corrected chi connectivity index (χ0v) is 20.2. The highest BCUT2D eigenvalue weighted by atomic mass is 35.5. The van der Waals surface area contributed by atoms with E-state index in [1.807, 2.05) is 29.2 Å². The minimum absolute atomic E-state index is 0.275. The molecule has 0 spiro atoms. The van der Waals surface area contributed by atoms with Crippen LogP contribution in [-0.4, -0.2) is 66.7 Å². The summed E-state index contributed by atoms with van der Waals surface area (Å²) in [7, 11) is -0.973. The van der Waals surface area contributed by atoms with Crippen LogP contribution in [0.3, 0.4) is 0 Å². The van der Waals surface area contributed by atoms with Gasteiger partial charge in [-0.05, 0) is 25.5 Å². The number of benzene rings is 1. The number of morpholine rings is 1. The van der Waals surface area contributed by atoms with Gasteiger partial charge in [0.15, 0.2) is 5.82 Å². The number of hydrogen-bond donors (Lipinski definition) is 2. The zero-order valence-electron chi connectivity index (χ0n) is 18.6. The molecular formula is C21H25ClN7O3P. The Hall–Kier alpha value is -2.94. The van der Waals surface area contributed by atoms with E-state index in [0.29, 0.717) is 52.6 Å². The molecule has 0 atom stereocenters. The normalized spacial score (nSPS) is 14.1. The zero-order chi connectivity index (χ0) is 23.4. The summed E-state index contributed by atoms with van der Waals surface area (Å²) < 4.78 is 23.5. The van der Waals surface area contributed by atoms with Gasteiger partial charge in [0.05, 0.1) is 38.4 Å². The van der Waals surface area contributed by atoms with Crippen molar-refractivity contribution < 1.29 is 14.0 Å². The number of para-hydroxylation sites is 1. The van der Waals surface area contributed by atoms with Crippen LogP contribution in [0.15, 0.2) is 36.7 Å². The number of ether oxygens (including phenoxy) is 2. The maximum absolute atomic E-state index is 12.7. The average Bonchev–Trinajstić information content (AvgIpc) is 2.81. The first kappa shape index (κ1) is 23.2. The van der Waals surface area contributed by atoms with E-state index < -0.39 is 7.14 Å². The maximum Gasteiger partial charge on any atom is 0.242 e. The molecule has 2 aromatic heterocycles. The van der Waals surface area contributed by atoms with Crippen LogP contribution >= 0.6 is 18.7 Å². The van der Waals surface area contributed by atoms with Gasteiger partial charge in [-0.25, -0.2) is 9.97 Å². The number of nitrogens with zero attached hydrogens (tertiary/aromatic N) is 5. The van der Waals surface area contributed by atoms with E-state index in [9.17, 15) is 4.57 Å². The third-order valence-electron chi connectivity index (χ3n) is 4.96. The quantitative estimate of drug-likeness (QED) is 0.478. The molecule has 1 saturated heterocycles. The molecule has 4 rings (SSSR count). The van der Waals surface area contributed by atoms with Crippen LogP contribution < -0.4 is 25.6 Å². The summed E-state index contributed by atoms with van der Waals surface area (Å²) in [6.45, 7) is 6.14. The van der Waals surface area contributed by atoms with Gasteiger partial charge in [-0.15, -0.1) is 0 Å². The van der Waals surface area contributed by atoms with Gasteiger partial charge in [0.2, 0.25) is 17.8 Å². The molecule has 3 aromatic rings. The highest BCUT2D eigenvalue weighted by molar-refractivity contribution is 7.70. The fraction of sp³-hybridized carbons (Fsp3) is 0.333. The lowest BCUT2D eigenvalue weighted by molar-refractivity contribution is 0.122. The largest absolute Gasteiger partial charge is 0.479 e. The predicted octanol–water partition coefficient (Wildman–Crippen LogP) is 3.50. The first-order valence-corrected chi connectivity index (χ1v) is 13.3. The van der Waals surface area contributed by atoms with Crippen LogP contribution in [0.5, 0.6) is 5.88 Å². The van der Waals surface area contributed by atoms with E-state index in [1.54, 1.807) is 19.5 Å². The second-order valence-electron chi connectivity index (χ2n) is 7.70. The number of nitrogens with one attached hydrogen (secondary N) is 2. The summed E-state index contributed by atoms with van der Waals surface area (Å²) in [5.74, 6) is 1.58. The Kier molecular flexibility index (Phi) is 6.97. The van der Waals surface area contributed by atoms with Crippen molar-refractivity contribution in [1.82, 2.24) is 19.9 Å². The molecule has 1 aromatic carbocycles. The molecule has 10 nitrogen and oxygen atoms in total. The molecule has 0 aliphatic carbocycles. The van der Waals surface area contributed by atoms with Crippen molar-refractivity contribution in [3.8, 4) is 5.88 Å². The average molecular weight is 490 g/mol. The third-order valence-corrected chi connectivity index (χ3v) is 6.78. The second-order valence-corrected chi connectivity index (χ2v) is 11.3. The number of methoxy groups -OCH3 is 1. The minimum Gasteiger partial charge on any atom is -0.479 e. The molecule has 1 aliphatic heterocycles. The molecule has 3 heterocycles. The summed E-state index contributed by atoms with van der Waals surface area (Å²) in [5, 5.41) is 7.29. The lowest BCUT2D eigenvalue weighted by Crippen LogP contribution is -2.37. The number of anilines is 5. The lowest BCUT2D eigenvalue weighted by atomic mass is 10.3. The lowest BCUT2D eigenvalue weighted by Gasteiger charge is -2.27. The van der Waals surface area contributed by atoms with Crippen LogP contribution in [-0.2, 0) is 9.30 Å². The molecule has 2 N–H and O–H groups in total. The van der Waals surface area contributed by atoms with Crippen LogP contribution in [0.25, 0.3) is 0 Å². The monoisotopic (exact) mass is 489 g/mol. The van der Waals surface area contributed by atoms with E-state index in [0.717, 1.165) is 13.1 Å². The van der Waals surface area contributed by atoms with E-state index >= 15 is 0 Å². The van der Waals surface area contributed by atoms with Gasteiger partial charge >= 0.3 is 0 Å². The molecule has 0 bridgehead atoms. The third kappa shape index (κ3) is 5.52. The summed E-state index contributed by atoms with van der Waals surface area (Å²) >= 11 is 6.33. The van der Waals surface area contributed by atoms with Crippen molar-refractivity contribution in [2.45, 2.75) is 0 Å². The molecule has 12 heteroatoms. The molecule has 0 unspecified atom stereocenters. The molecular weight excluding hydrogens is 465 g/mol. The fourth-order valence-corrected chi connectivity index (χ4v) is 4.62. The number of aromatic nitrogens is 4. The first-order valence-electron chi connectivity index (χ1n) is 10.3. The van der Waals surface area contributed by atoms with Gasteiger partial charge in [0.1, 0.15) is 17.9 Å². The molecule has 174 valence electrons. The SMILES string of the molecule is COc1nc(N2CCOCC2)ncc1Nc1ncc(Cl)c(Nc2ccccc2P(C)(C)=O)n1. The molecule has 33 heavy (non-hydrogen) atoms. The number of rotatable bonds is 7. The first-order chi connectivity index (χ1) is 15.8. The summed E-state index contributed by atoms with van der Waals surface area (Å²) in [6.07, 6.45) is 3.11. The van der Waals surface area contributed by atoms with Crippen molar-refractivity contribution in [2.24, 2.45) is 0 Å². The number of halogens is 1. The Morgan fingerprint density at radius 1 is 1.06 bits per heavy atom. The molecule has 0 amide bonds. The van der Waals surface area contributed by atoms with E-state index in [4.69, 9.17) is 21.1 Å². The van der Waals surface area contributed by atoms with Crippen molar-refractivity contribution >= 4 is 53.1 Å². The molecule has 1 fully saturated rings. The van der Waals surface area contributed by atoms with E-state index in [-0.39, 0.29) is 5.95 Å². The van der Waals surface area contributed by atoms with Gasteiger partial charge in [-0.3, -0.25) is 0 Å². The summed E-state index contributed by atoms with van der Waals surface area (Å²) in [5.41, 5.74) is 1.18. The van der Waals surface area contributed by atoms with Crippen molar-refractivity contribution in [1.29, 1.82) is 0 Å². The van der Waals surface area contributed by atoms with E-state index in [2.05, 4.69) is 30.6 Å². The highest BCUT2D eigenvalue weighted by Gasteiger charge is 2.19. The predicted molar refractivity (Wildman–Crippen MR) is 131 cm³/mol. The van der Waals surface area contributed by atoms with Gasteiger partial charge in [-0.2, -0.15) is 9.97 Å². The number of hydrogen-bond acceptors (Lipinski definition) is 10. The molecule has 1 aliphatic rings. The van der Waals surface area contributed by atoms with Gasteiger partial charge in [0, 0.05) is 18.4 Å². The van der Waals surface area contributed by atoms with Crippen LogP contribution in [0, 0.1) is 0 Å². The fourth-order valence-electron chi connectivity index (χ4n) is 3.33. The van der Waals surface area contributed by atoms with Crippen LogP contribution in [0.2, 0.25) is 5.02 Å². The molecule has 0 radical (unpaired) electrons.